The van der Waals surface area contributed by atoms with E-state index in [1.165, 1.54) is 7.11 Å². The second kappa shape index (κ2) is 5.91. The molecule has 1 rings (SSSR count). The van der Waals surface area contributed by atoms with Crippen LogP contribution in [0.3, 0.4) is 0 Å². The summed E-state index contributed by atoms with van der Waals surface area (Å²) in [5, 5.41) is 9.52. The minimum Gasteiger partial charge on any atom is -0.496 e. The molecule has 0 heterocycles. The normalized spacial score (nSPS) is 13.2. The quantitative estimate of drug-likeness (QED) is 0.686. The van der Waals surface area contributed by atoms with E-state index in [1.807, 2.05) is 0 Å². The fraction of sp³-hybridized carbons (Fsp3) is 0.364. The van der Waals surface area contributed by atoms with Crippen LogP contribution in [0.2, 0.25) is 0 Å². The Bertz CT molecular complexity index is 401. The fourth-order valence-corrected chi connectivity index (χ4v) is 1.51. The minimum atomic E-state index is -1.88. The Balaban J connectivity index is 2.84. The van der Waals surface area contributed by atoms with Gasteiger partial charge in [-0.3, -0.25) is 4.79 Å². The van der Waals surface area contributed by atoms with Crippen molar-refractivity contribution in [3.8, 4) is 5.75 Å². The Morgan fingerprint density at radius 2 is 2.00 bits per heavy atom. The van der Waals surface area contributed by atoms with Crippen molar-refractivity contribution < 1.29 is 14.6 Å². The SMILES string of the molecule is COc1ccccc1C(=O)CC(O)C(Cl)(Cl)Cl. The summed E-state index contributed by atoms with van der Waals surface area (Å²) in [6.45, 7) is 0. The summed E-state index contributed by atoms with van der Waals surface area (Å²) >= 11 is 16.5. The van der Waals surface area contributed by atoms with Gasteiger partial charge in [0.25, 0.3) is 0 Å². The second-order valence-electron chi connectivity index (χ2n) is 3.38. The van der Waals surface area contributed by atoms with Crippen LogP contribution in [0, 0.1) is 0 Å². The van der Waals surface area contributed by atoms with Gasteiger partial charge in [0.2, 0.25) is 3.79 Å². The monoisotopic (exact) mass is 296 g/mol. The Morgan fingerprint density at radius 3 is 2.53 bits per heavy atom. The van der Waals surface area contributed by atoms with E-state index in [2.05, 4.69) is 0 Å². The number of methoxy groups -OCH3 is 1. The van der Waals surface area contributed by atoms with E-state index in [1.54, 1.807) is 24.3 Å². The smallest absolute Gasteiger partial charge is 0.216 e. The van der Waals surface area contributed by atoms with Crippen molar-refractivity contribution in [3.63, 3.8) is 0 Å². The first-order valence-corrected chi connectivity index (χ1v) is 5.90. The fourth-order valence-electron chi connectivity index (χ4n) is 1.28. The van der Waals surface area contributed by atoms with Crippen LogP contribution in [0.4, 0.5) is 0 Å². The number of para-hydroxylation sites is 1. The molecule has 3 nitrogen and oxygen atoms in total. The van der Waals surface area contributed by atoms with Crippen LogP contribution < -0.4 is 4.74 Å². The molecule has 0 radical (unpaired) electrons. The number of Topliss-reactive ketones (excluding diaryl/α,β-unsaturated/α-hetero) is 1. The third-order valence-corrected chi connectivity index (χ3v) is 2.92. The minimum absolute atomic E-state index is 0.281. The van der Waals surface area contributed by atoms with Crippen molar-refractivity contribution in [2.24, 2.45) is 0 Å². The number of hydrogen-bond acceptors (Lipinski definition) is 3. The molecule has 1 unspecified atom stereocenters. The van der Waals surface area contributed by atoms with E-state index in [0.717, 1.165) is 0 Å². The topological polar surface area (TPSA) is 46.5 Å². The Morgan fingerprint density at radius 1 is 1.41 bits per heavy atom. The second-order valence-corrected chi connectivity index (χ2v) is 5.75. The average molecular weight is 298 g/mol. The predicted octanol–water partition coefficient (Wildman–Crippen LogP) is 3.00. The molecule has 94 valence electrons. The molecule has 0 fully saturated rings. The van der Waals surface area contributed by atoms with Crippen molar-refractivity contribution in [3.05, 3.63) is 29.8 Å². The highest BCUT2D eigenvalue weighted by Gasteiger charge is 2.33. The number of carbonyl (C=O) groups excluding carboxylic acids is 1. The van der Waals surface area contributed by atoms with Crippen molar-refractivity contribution in [1.29, 1.82) is 0 Å². The Hall–Kier alpha value is -0.480. The number of halogens is 3. The molecule has 0 aliphatic heterocycles. The Labute approximate surface area is 114 Å². The third-order valence-electron chi connectivity index (χ3n) is 2.16. The summed E-state index contributed by atoms with van der Waals surface area (Å²) in [5.41, 5.74) is 0.350. The van der Waals surface area contributed by atoms with Crippen LogP contribution in [-0.4, -0.2) is 27.9 Å². The summed E-state index contributed by atoms with van der Waals surface area (Å²) in [4.78, 5) is 11.9. The summed E-state index contributed by atoms with van der Waals surface area (Å²) in [6.07, 6.45) is -1.64. The lowest BCUT2D eigenvalue weighted by Crippen LogP contribution is -2.28. The zero-order chi connectivity index (χ0) is 13.1. The lowest BCUT2D eigenvalue weighted by Gasteiger charge is -2.18. The van der Waals surface area contributed by atoms with Gasteiger partial charge in [0.1, 0.15) is 11.9 Å². The van der Waals surface area contributed by atoms with Crippen molar-refractivity contribution in [2.75, 3.05) is 7.11 Å². The standard InChI is InChI=1S/C11H11Cl3O3/c1-17-9-5-3-2-4-7(9)8(15)6-10(16)11(12,13)14/h2-5,10,16H,6H2,1H3. The number of rotatable bonds is 4. The van der Waals surface area contributed by atoms with Crippen molar-refractivity contribution in [1.82, 2.24) is 0 Å². The Kier molecular flexibility index (Phi) is 5.07. The van der Waals surface area contributed by atoms with Gasteiger partial charge < -0.3 is 9.84 Å². The number of ketones is 1. The van der Waals surface area contributed by atoms with Crippen LogP contribution in [-0.2, 0) is 0 Å². The molecular weight excluding hydrogens is 286 g/mol. The maximum atomic E-state index is 11.9. The molecule has 6 heteroatoms. The summed E-state index contributed by atoms with van der Waals surface area (Å²) in [7, 11) is 1.46. The molecule has 1 N–H and O–H groups in total. The molecule has 0 bridgehead atoms. The lowest BCUT2D eigenvalue weighted by molar-refractivity contribution is 0.0882. The molecule has 0 aliphatic carbocycles. The van der Waals surface area contributed by atoms with Crippen LogP contribution in [0.25, 0.3) is 0 Å². The van der Waals surface area contributed by atoms with Gasteiger partial charge in [0.05, 0.1) is 12.7 Å². The number of hydrogen-bond donors (Lipinski definition) is 1. The van der Waals surface area contributed by atoms with Crippen LogP contribution in [0.5, 0.6) is 5.75 Å². The third kappa shape index (κ3) is 4.03. The molecule has 1 atom stereocenters. The molecule has 0 amide bonds. The van der Waals surface area contributed by atoms with Gasteiger partial charge in [0.15, 0.2) is 5.78 Å². The molecule has 0 saturated heterocycles. The van der Waals surface area contributed by atoms with Gasteiger partial charge in [-0.2, -0.15) is 0 Å². The first-order chi connectivity index (χ1) is 7.86. The highest BCUT2D eigenvalue weighted by Crippen LogP contribution is 2.33. The van der Waals surface area contributed by atoms with Crippen LogP contribution >= 0.6 is 34.8 Å². The molecule has 1 aromatic carbocycles. The van der Waals surface area contributed by atoms with Gasteiger partial charge in [-0.05, 0) is 12.1 Å². The van der Waals surface area contributed by atoms with Crippen LogP contribution in [0.15, 0.2) is 24.3 Å². The molecular formula is C11H11Cl3O3. The molecule has 17 heavy (non-hydrogen) atoms. The lowest BCUT2D eigenvalue weighted by atomic mass is 10.0. The number of benzene rings is 1. The van der Waals surface area contributed by atoms with E-state index >= 15 is 0 Å². The first kappa shape index (κ1) is 14.6. The molecule has 0 spiro atoms. The summed E-state index contributed by atoms with van der Waals surface area (Å²) in [5.74, 6) is 0.0790. The van der Waals surface area contributed by atoms with Crippen LogP contribution in [0.1, 0.15) is 16.8 Å². The maximum absolute atomic E-state index is 11.9. The molecule has 0 saturated carbocycles. The highest BCUT2D eigenvalue weighted by atomic mass is 35.6. The zero-order valence-electron chi connectivity index (χ0n) is 8.99. The summed E-state index contributed by atoms with van der Waals surface area (Å²) in [6, 6.07) is 6.67. The van der Waals surface area contributed by atoms with E-state index < -0.39 is 9.90 Å². The van der Waals surface area contributed by atoms with E-state index in [9.17, 15) is 9.90 Å². The molecule has 0 aliphatic rings. The number of alkyl halides is 3. The van der Waals surface area contributed by atoms with Crippen molar-refractivity contribution in [2.45, 2.75) is 16.3 Å². The summed E-state index contributed by atoms with van der Waals surface area (Å²) < 4.78 is 3.15. The van der Waals surface area contributed by atoms with Gasteiger partial charge in [-0.25, -0.2) is 0 Å². The highest BCUT2D eigenvalue weighted by molar-refractivity contribution is 6.68. The predicted molar refractivity (Wildman–Crippen MR) is 68.2 cm³/mol. The van der Waals surface area contributed by atoms with E-state index in [4.69, 9.17) is 39.5 Å². The van der Waals surface area contributed by atoms with Crippen molar-refractivity contribution >= 4 is 40.6 Å². The number of aliphatic hydroxyl groups is 1. The molecule has 0 aromatic heterocycles. The number of ether oxygens (including phenoxy) is 1. The maximum Gasteiger partial charge on any atom is 0.216 e. The zero-order valence-corrected chi connectivity index (χ0v) is 11.3. The number of carbonyl (C=O) groups is 1. The molecule has 1 aromatic rings. The van der Waals surface area contributed by atoms with Gasteiger partial charge in [-0.1, -0.05) is 46.9 Å². The first-order valence-electron chi connectivity index (χ1n) is 4.77. The number of aliphatic hydroxyl groups excluding tert-OH is 1. The van der Waals surface area contributed by atoms with Gasteiger partial charge >= 0.3 is 0 Å². The van der Waals surface area contributed by atoms with E-state index in [-0.39, 0.29) is 12.2 Å². The van der Waals surface area contributed by atoms with Gasteiger partial charge in [-0.15, -0.1) is 0 Å². The van der Waals surface area contributed by atoms with E-state index in [0.29, 0.717) is 11.3 Å². The largest absolute Gasteiger partial charge is 0.496 e. The van der Waals surface area contributed by atoms with Gasteiger partial charge in [0, 0.05) is 6.42 Å². The average Bonchev–Trinajstić information content (AvgIpc) is 2.27.